The van der Waals surface area contributed by atoms with Crippen LogP contribution >= 0.6 is 0 Å². The molecular formula is C12H21NO. The summed E-state index contributed by atoms with van der Waals surface area (Å²) >= 11 is 0. The Bertz CT molecular complexity index is 220. The topological polar surface area (TPSA) is 43.1 Å². The Labute approximate surface area is 86.6 Å². The molecule has 0 spiro atoms. The van der Waals surface area contributed by atoms with Crippen molar-refractivity contribution in [2.24, 2.45) is 11.7 Å². The SMILES string of the molecule is CC(CN)CCC(=O)C1=CCCCC1. The lowest BCUT2D eigenvalue weighted by molar-refractivity contribution is -0.116. The zero-order chi connectivity index (χ0) is 10.4. The smallest absolute Gasteiger partial charge is 0.158 e. The number of rotatable bonds is 5. The van der Waals surface area contributed by atoms with E-state index in [4.69, 9.17) is 5.73 Å². The van der Waals surface area contributed by atoms with Crippen molar-refractivity contribution in [3.63, 3.8) is 0 Å². The number of carbonyl (C=O) groups is 1. The summed E-state index contributed by atoms with van der Waals surface area (Å²) in [7, 11) is 0. The summed E-state index contributed by atoms with van der Waals surface area (Å²) in [5.74, 6) is 0.827. The van der Waals surface area contributed by atoms with Crippen LogP contribution < -0.4 is 5.73 Å². The summed E-state index contributed by atoms with van der Waals surface area (Å²) in [6, 6.07) is 0. The van der Waals surface area contributed by atoms with Crippen molar-refractivity contribution in [1.29, 1.82) is 0 Å². The molecule has 1 rings (SSSR count). The Morgan fingerprint density at radius 2 is 2.36 bits per heavy atom. The molecule has 2 heteroatoms. The number of allylic oxidation sites excluding steroid dienone is 2. The van der Waals surface area contributed by atoms with Crippen LogP contribution in [0.2, 0.25) is 0 Å². The fourth-order valence-corrected chi connectivity index (χ4v) is 1.75. The molecule has 2 nitrogen and oxygen atoms in total. The number of hydrogen-bond donors (Lipinski definition) is 1. The molecule has 14 heavy (non-hydrogen) atoms. The van der Waals surface area contributed by atoms with E-state index in [9.17, 15) is 4.79 Å². The van der Waals surface area contributed by atoms with Crippen molar-refractivity contribution in [3.05, 3.63) is 11.6 Å². The molecule has 0 aromatic heterocycles. The highest BCUT2D eigenvalue weighted by molar-refractivity contribution is 5.95. The fraction of sp³-hybridized carbons (Fsp3) is 0.750. The van der Waals surface area contributed by atoms with Crippen molar-refractivity contribution >= 4 is 5.78 Å². The molecular weight excluding hydrogens is 174 g/mol. The monoisotopic (exact) mass is 195 g/mol. The van der Waals surface area contributed by atoms with Crippen molar-refractivity contribution in [2.75, 3.05) is 6.54 Å². The molecule has 0 aromatic carbocycles. The van der Waals surface area contributed by atoms with Crippen LogP contribution in [-0.4, -0.2) is 12.3 Å². The molecule has 0 heterocycles. The summed E-state index contributed by atoms with van der Waals surface area (Å²) in [6.45, 7) is 2.79. The van der Waals surface area contributed by atoms with Crippen LogP contribution in [0.3, 0.4) is 0 Å². The number of nitrogens with two attached hydrogens (primary N) is 1. The Morgan fingerprint density at radius 1 is 1.57 bits per heavy atom. The van der Waals surface area contributed by atoms with Crippen LogP contribution in [0.4, 0.5) is 0 Å². The number of hydrogen-bond acceptors (Lipinski definition) is 2. The van der Waals surface area contributed by atoms with Gasteiger partial charge in [-0.2, -0.15) is 0 Å². The van der Waals surface area contributed by atoms with Gasteiger partial charge in [0, 0.05) is 6.42 Å². The van der Waals surface area contributed by atoms with Crippen LogP contribution in [0.15, 0.2) is 11.6 Å². The lowest BCUT2D eigenvalue weighted by Gasteiger charge is -2.12. The van der Waals surface area contributed by atoms with Gasteiger partial charge in [-0.25, -0.2) is 0 Å². The zero-order valence-electron chi connectivity index (χ0n) is 9.09. The van der Waals surface area contributed by atoms with Crippen LogP contribution in [0.5, 0.6) is 0 Å². The van der Waals surface area contributed by atoms with E-state index in [1.807, 2.05) is 0 Å². The van der Waals surface area contributed by atoms with Crippen LogP contribution in [0, 0.1) is 5.92 Å². The first-order chi connectivity index (χ1) is 6.74. The van der Waals surface area contributed by atoms with Gasteiger partial charge < -0.3 is 5.73 Å². The van der Waals surface area contributed by atoms with Crippen molar-refractivity contribution in [2.45, 2.75) is 45.4 Å². The summed E-state index contributed by atoms with van der Waals surface area (Å²) in [5, 5.41) is 0. The molecule has 2 N–H and O–H groups in total. The highest BCUT2D eigenvalue weighted by atomic mass is 16.1. The maximum atomic E-state index is 11.7. The predicted octanol–water partition coefficient (Wildman–Crippen LogP) is 2.43. The molecule has 0 bridgehead atoms. The minimum Gasteiger partial charge on any atom is -0.330 e. The molecule has 1 unspecified atom stereocenters. The van der Waals surface area contributed by atoms with Crippen LogP contribution in [-0.2, 0) is 4.79 Å². The first-order valence-electron chi connectivity index (χ1n) is 5.66. The van der Waals surface area contributed by atoms with Gasteiger partial charge in [0.2, 0.25) is 0 Å². The average molecular weight is 195 g/mol. The Balaban J connectivity index is 2.30. The lowest BCUT2D eigenvalue weighted by Crippen LogP contribution is -2.13. The van der Waals surface area contributed by atoms with E-state index in [0.29, 0.717) is 24.7 Å². The van der Waals surface area contributed by atoms with Gasteiger partial charge in [0.1, 0.15) is 0 Å². The second-order valence-electron chi connectivity index (χ2n) is 4.28. The molecule has 1 aliphatic rings. The molecule has 0 amide bonds. The Morgan fingerprint density at radius 3 is 2.93 bits per heavy atom. The number of carbonyl (C=O) groups excluding carboxylic acids is 1. The van der Waals surface area contributed by atoms with E-state index >= 15 is 0 Å². The molecule has 0 saturated carbocycles. The van der Waals surface area contributed by atoms with Gasteiger partial charge in [0.25, 0.3) is 0 Å². The second-order valence-corrected chi connectivity index (χ2v) is 4.28. The van der Waals surface area contributed by atoms with Gasteiger partial charge >= 0.3 is 0 Å². The van der Waals surface area contributed by atoms with Gasteiger partial charge in [-0.15, -0.1) is 0 Å². The van der Waals surface area contributed by atoms with Gasteiger partial charge in [0.05, 0.1) is 0 Å². The molecule has 0 saturated heterocycles. The third-order valence-electron chi connectivity index (χ3n) is 2.92. The quantitative estimate of drug-likeness (QED) is 0.732. The highest BCUT2D eigenvalue weighted by Gasteiger charge is 2.12. The third kappa shape index (κ3) is 3.62. The zero-order valence-corrected chi connectivity index (χ0v) is 9.09. The average Bonchev–Trinajstić information content (AvgIpc) is 2.26. The first kappa shape index (κ1) is 11.4. The maximum Gasteiger partial charge on any atom is 0.158 e. The van der Waals surface area contributed by atoms with Gasteiger partial charge in [0.15, 0.2) is 5.78 Å². The third-order valence-corrected chi connectivity index (χ3v) is 2.92. The molecule has 80 valence electrons. The molecule has 0 fully saturated rings. The van der Waals surface area contributed by atoms with Crippen LogP contribution in [0.25, 0.3) is 0 Å². The normalized spacial score (nSPS) is 18.9. The standard InChI is InChI=1S/C12H21NO/c1-10(9-13)7-8-12(14)11-5-3-2-4-6-11/h5,10H,2-4,6-9,13H2,1H3. The summed E-state index contributed by atoms with van der Waals surface area (Å²) in [6.07, 6.45) is 8.26. The van der Waals surface area contributed by atoms with E-state index < -0.39 is 0 Å². The van der Waals surface area contributed by atoms with Gasteiger partial charge in [-0.05, 0) is 50.1 Å². The largest absolute Gasteiger partial charge is 0.330 e. The molecule has 0 aromatic rings. The molecule has 1 atom stereocenters. The Hall–Kier alpha value is -0.630. The van der Waals surface area contributed by atoms with E-state index in [-0.39, 0.29) is 0 Å². The van der Waals surface area contributed by atoms with Crippen molar-refractivity contribution in [3.8, 4) is 0 Å². The summed E-state index contributed by atoms with van der Waals surface area (Å²) in [5.41, 5.74) is 6.58. The van der Waals surface area contributed by atoms with E-state index in [1.54, 1.807) is 0 Å². The van der Waals surface area contributed by atoms with E-state index in [0.717, 1.165) is 24.8 Å². The lowest BCUT2D eigenvalue weighted by atomic mass is 9.93. The van der Waals surface area contributed by atoms with Crippen molar-refractivity contribution in [1.82, 2.24) is 0 Å². The number of Topliss-reactive ketones (excluding diaryl/α,β-unsaturated/α-hetero) is 1. The Kier molecular flexibility index (Phi) is 4.88. The predicted molar refractivity (Wildman–Crippen MR) is 59.0 cm³/mol. The highest BCUT2D eigenvalue weighted by Crippen LogP contribution is 2.20. The first-order valence-corrected chi connectivity index (χ1v) is 5.66. The maximum absolute atomic E-state index is 11.7. The van der Waals surface area contributed by atoms with E-state index in [1.165, 1.54) is 12.8 Å². The fourth-order valence-electron chi connectivity index (χ4n) is 1.75. The molecule has 1 aliphatic carbocycles. The van der Waals surface area contributed by atoms with Gasteiger partial charge in [-0.1, -0.05) is 13.0 Å². The molecule has 0 aliphatic heterocycles. The summed E-state index contributed by atoms with van der Waals surface area (Å²) in [4.78, 5) is 11.7. The van der Waals surface area contributed by atoms with Crippen LogP contribution in [0.1, 0.15) is 45.4 Å². The number of ketones is 1. The van der Waals surface area contributed by atoms with Crippen molar-refractivity contribution < 1.29 is 4.79 Å². The second kappa shape index (κ2) is 5.97. The minimum absolute atomic E-state index is 0.352. The minimum atomic E-state index is 0.352. The van der Waals surface area contributed by atoms with Gasteiger partial charge in [-0.3, -0.25) is 4.79 Å². The summed E-state index contributed by atoms with van der Waals surface area (Å²) < 4.78 is 0. The molecule has 0 radical (unpaired) electrons. The van der Waals surface area contributed by atoms with E-state index in [2.05, 4.69) is 13.0 Å².